The van der Waals surface area contributed by atoms with E-state index in [1.165, 1.54) is 7.11 Å². The molecular formula is C16H11N3O3. The van der Waals surface area contributed by atoms with Crippen molar-refractivity contribution in [2.24, 2.45) is 0 Å². The van der Waals surface area contributed by atoms with Crippen LogP contribution < -0.4 is 10.1 Å². The average molecular weight is 293 g/mol. The van der Waals surface area contributed by atoms with Crippen LogP contribution >= 0.6 is 0 Å². The zero-order chi connectivity index (χ0) is 15.5. The molecule has 22 heavy (non-hydrogen) atoms. The number of furan rings is 1. The van der Waals surface area contributed by atoms with Gasteiger partial charge in [0, 0.05) is 11.8 Å². The predicted octanol–water partition coefficient (Wildman–Crippen LogP) is 2.96. The molecule has 2 heterocycles. The predicted molar refractivity (Wildman–Crippen MR) is 79.7 cm³/mol. The van der Waals surface area contributed by atoms with Gasteiger partial charge in [-0.15, -0.1) is 0 Å². The van der Waals surface area contributed by atoms with Gasteiger partial charge in [0.2, 0.25) is 5.88 Å². The highest BCUT2D eigenvalue weighted by atomic mass is 16.5. The molecule has 0 aliphatic heterocycles. The summed E-state index contributed by atoms with van der Waals surface area (Å²) in [7, 11) is 1.52. The Morgan fingerprint density at radius 3 is 3.00 bits per heavy atom. The molecule has 0 aliphatic rings. The Labute approximate surface area is 125 Å². The first-order valence-corrected chi connectivity index (χ1v) is 6.46. The lowest BCUT2D eigenvalue weighted by molar-refractivity contribution is 0.102. The summed E-state index contributed by atoms with van der Waals surface area (Å²) in [5.41, 5.74) is 1.47. The topological polar surface area (TPSA) is 88.2 Å². The van der Waals surface area contributed by atoms with Crippen molar-refractivity contribution >= 4 is 22.9 Å². The van der Waals surface area contributed by atoms with E-state index in [2.05, 4.69) is 10.3 Å². The maximum Gasteiger partial charge on any atom is 0.258 e. The molecular weight excluding hydrogens is 282 g/mol. The molecule has 0 radical (unpaired) electrons. The zero-order valence-electron chi connectivity index (χ0n) is 11.7. The number of benzene rings is 1. The lowest BCUT2D eigenvalue weighted by Gasteiger charge is -2.04. The molecule has 0 spiro atoms. The van der Waals surface area contributed by atoms with Crippen molar-refractivity contribution in [1.29, 1.82) is 5.26 Å². The van der Waals surface area contributed by atoms with Crippen LogP contribution in [0.3, 0.4) is 0 Å². The maximum atomic E-state index is 12.3. The van der Waals surface area contributed by atoms with Crippen LogP contribution in [0.5, 0.6) is 5.75 Å². The highest BCUT2D eigenvalue weighted by Gasteiger charge is 2.18. The Morgan fingerprint density at radius 2 is 2.23 bits per heavy atom. The van der Waals surface area contributed by atoms with Gasteiger partial charge in [0.15, 0.2) is 5.58 Å². The Kier molecular flexibility index (Phi) is 3.46. The summed E-state index contributed by atoms with van der Waals surface area (Å²) in [6.45, 7) is 0. The SMILES string of the molecule is COc1cccc(C(=O)Nc2oc3cccnc3c2C#N)c1. The first-order chi connectivity index (χ1) is 10.7. The third-order valence-corrected chi connectivity index (χ3v) is 3.12. The highest BCUT2D eigenvalue weighted by molar-refractivity contribution is 6.05. The summed E-state index contributed by atoms with van der Waals surface area (Å²) in [6, 6.07) is 12.1. The molecule has 1 amide bonds. The van der Waals surface area contributed by atoms with Gasteiger partial charge in [-0.25, -0.2) is 0 Å². The summed E-state index contributed by atoms with van der Waals surface area (Å²) in [4.78, 5) is 16.4. The van der Waals surface area contributed by atoms with Crippen molar-refractivity contribution in [3.05, 3.63) is 53.7 Å². The maximum absolute atomic E-state index is 12.3. The van der Waals surface area contributed by atoms with Gasteiger partial charge in [-0.05, 0) is 30.3 Å². The van der Waals surface area contributed by atoms with Crippen LogP contribution in [0.4, 0.5) is 5.88 Å². The first kappa shape index (κ1) is 13.6. The molecule has 1 aromatic carbocycles. The Bertz CT molecular complexity index is 893. The van der Waals surface area contributed by atoms with E-state index in [4.69, 9.17) is 9.15 Å². The average Bonchev–Trinajstić information content (AvgIpc) is 2.91. The molecule has 0 fully saturated rings. The van der Waals surface area contributed by atoms with E-state index in [-0.39, 0.29) is 11.4 Å². The molecule has 0 saturated carbocycles. The number of methoxy groups -OCH3 is 1. The van der Waals surface area contributed by atoms with Gasteiger partial charge < -0.3 is 9.15 Å². The van der Waals surface area contributed by atoms with E-state index >= 15 is 0 Å². The van der Waals surface area contributed by atoms with Crippen LogP contribution in [0.25, 0.3) is 11.1 Å². The summed E-state index contributed by atoms with van der Waals surface area (Å²) < 4.78 is 10.6. The van der Waals surface area contributed by atoms with Crippen molar-refractivity contribution in [2.75, 3.05) is 12.4 Å². The lowest BCUT2D eigenvalue weighted by Crippen LogP contribution is -2.12. The fourth-order valence-electron chi connectivity index (χ4n) is 2.06. The number of aromatic nitrogens is 1. The number of nitriles is 1. The Morgan fingerprint density at radius 1 is 1.36 bits per heavy atom. The molecule has 6 nitrogen and oxygen atoms in total. The third kappa shape index (κ3) is 2.36. The number of fused-ring (bicyclic) bond motifs is 1. The molecule has 6 heteroatoms. The monoisotopic (exact) mass is 293 g/mol. The summed E-state index contributed by atoms with van der Waals surface area (Å²) in [6.07, 6.45) is 1.56. The lowest BCUT2D eigenvalue weighted by atomic mass is 10.2. The summed E-state index contributed by atoms with van der Waals surface area (Å²) in [5.74, 6) is 0.262. The van der Waals surface area contributed by atoms with Crippen LogP contribution in [0, 0.1) is 11.3 Å². The molecule has 0 aliphatic carbocycles. The summed E-state index contributed by atoms with van der Waals surface area (Å²) in [5, 5.41) is 11.8. The van der Waals surface area contributed by atoms with Gasteiger partial charge in [0.1, 0.15) is 22.9 Å². The van der Waals surface area contributed by atoms with Crippen LogP contribution in [0.2, 0.25) is 0 Å². The molecule has 1 N–H and O–H groups in total. The molecule has 3 rings (SSSR count). The number of carbonyl (C=O) groups excluding carboxylic acids is 1. The number of nitrogens with zero attached hydrogens (tertiary/aromatic N) is 2. The van der Waals surface area contributed by atoms with Crippen molar-refractivity contribution < 1.29 is 13.9 Å². The summed E-state index contributed by atoms with van der Waals surface area (Å²) >= 11 is 0. The minimum atomic E-state index is -0.394. The second-order valence-corrected chi connectivity index (χ2v) is 4.45. The molecule has 2 aromatic heterocycles. The van der Waals surface area contributed by atoms with Crippen molar-refractivity contribution in [3.8, 4) is 11.8 Å². The number of pyridine rings is 1. The van der Waals surface area contributed by atoms with Gasteiger partial charge in [-0.2, -0.15) is 5.26 Å². The van der Waals surface area contributed by atoms with Crippen molar-refractivity contribution in [1.82, 2.24) is 4.98 Å². The minimum absolute atomic E-state index is 0.0871. The van der Waals surface area contributed by atoms with Crippen LogP contribution in [0.15, 0.2) is 47.0 Å². The van der Waals surface area contributed by atoms with Crippen LogP contribution in [0.1, 0.15) is 15.9 Å². The normalized spacial score (nSPS) is 10.2. The molecule has 0 unspecified atom stereocenters. The number of carbonyl (C=O) groups is 1. The van der Waals surface area contributed by atoms with E-state index in [1.807, 2.05) is 6.07 Å². The van der Waals surface area contributed by atoms with Gasteiger partial charge in [-0.3, -0.25) is 15.1 Å². The van der Waals surface area contributed by atoms with Crippen molar-refractivity contribution in [2.45, 2.75) is 0 Å². The van der Waals surface area contributed by atoms with Gasteiger partial charge in [0.25, 0.3) is 5.91 Å². The molecule has 0 saturated heterocycles. The third-order valence-electron chi connectivity index (χ3n) is 3.12. The van der Waals surface area contributed by atoms with Gasteiger partial charge >= 0.3 is 0 Å². The zero-order valence-corrected chi connectivity index (χ0v) is 11.7. The van der Waals surface area contributed by atoms with E-state index in [1.54, 1.807) is 42.6 Å². The van der Waals surface area contributed by atoms with Crippen LogP contribution in [-0.4, -0.2) is 18.0 Å². The number of hydrogen-bond donors (Lipinski definition) is 1. The fourth-order valence-corrected chi connectivity index (χ4v) is 2.06. The van der Waals surface area contributed by atoms with Crippen molar-refractivity contribution in [3.63, 3.8) is 0 Å². The first-order valence-electron chi connectivity index (χ1n) is 6.46. The second kappa shape index (κ2) is 5.58. The highest BCUT2D eigenvalue weighted by Crippen LogP contribution is 2.28. The minimum Gasteiger partial charge on any atom is -0.497 e. The van der Waals surface area contributed by atoms with E-state index in [9.17, 15) is 10.1 Å². The number of anilines is 1. The number of rotatable bonds is 3. The second-order valence-electron chi connectivity index (χ2n) is 4.45. The Balaban J connectivity index is 1.96. The van der Waals surface area contributed by atoms with Gasteiger partial charge in [-0.1, -0.05) is 6.07 Å². The number of nitrogens with one attached hydrogen (secondary N) is 1. The fraction of sp³-hybridized carbons (Fsp3) is 0.0625. The molecule has 3 aromatic rings. The Hall–Kier alpha value is -3.33. The van der Waals surface area contributed by atoms with Gasteiger partial charge in [0.05, 0.1) is 7.11 Å². The quantitative estimate of drug-likeness (QED) is 0.802. The van der Waals surface area contributed by atoms with E-state index in [0.29, 0.717) is 22.4 Å². The van der Waals surface area contributed by atoms with E-state index in [0.717, 1.165) is 0 Å². The van der Waals surface area contributed by atoms with Crippen LogP contribution in [-0.2, 0) is 0 Å². The number of hydrogen-bond acceptors (Lipinski definition) is 5. The molecule has 0 bridgehead atoms. The molecule has 108 valence electrons. The smallest absolute Gasteiger partial charge is 0.258 e. The number of ether oxygens (including phenoxy) is 1. The molecule has 0 atom stereocenters. The van der Waals surface area contributed by atoms with E-state index < -0.39 is 5.91 Å². The number of amides is 1. The largest absolute Gasteiger partial charge is 0.497 e. The standard InChI is InChI=1S/C16H11N3O3/c1-21-11-5-2-4-10(8-11)15(20)19-16-12(9-17)14-13(22-16)6-3-7-18-14/h2-8H,1H3,(H,19,20).